The van der Waals surface area contributed by atoms with Crippen LogP contribution in [0.25, 0.3) is 11.1 Å². The maximum absolute atomic E-state index is 12.7. The first-order valence-electron chi connectivity index (χ1n) is 11.8. The fourth-order valence-electron chi connectivity index (χ4n) is 4.51. The lowest BCUT2D eigenvalue weighted by Gasteiger charge is -2.31. The summed E-state index contributed by atoms with van der Waals surface area (Å²) < 4.78 is 16.2. The van der Waals surface area contributed by atoms with Crippen LogP contribution in [0, 0.1) is 0 Å². The molecule has 1 fully saturated rings. The second-order valence-electron chi connectivity index (χ2n) is 8.40. The molecule has 1 aliphatic carbocycles. The fourth-order valence-corrected chi connectivity index (χ4v) is 4.51. The van der Waals surface area contributed by atoms with Crippen molar-refractivity contribution in [3.05, 3.63) is 59.7 Å². The molecule has 0 aromatic heterocycles. The smallest absolute Gasteiger partial charge is 0.409 e. The lowest BCUT2D eigenvalue weighted by molar-refractivity contribution is -0.150. The number of rotatable bonds is 12. The van der Waals surface area contributed by atoms with Gasteiger partial charge in [0.2, 0.25) is 11.8 Å². The summed E-state index contributed by atoms with van der Waals surface area (Å²) in [6.45, 7) is 0.899. The van der Waals surface area contributed by atoms with Crippen molar-refractivity contribution in [2.45, 2.75) is 31.4 Å². The molecule has 0 radical (unpaired) electrons. The van der Waals surface area contributed by atoms with E-state index in [2.05, 4.69) is 5.32 Å². The average molecular weight is 497 g/mol. The number of likely N-dealkylation sites (tertiary alicyclic amines) is 1. The summed E-state index contributed by atoms with van der Waals surface area (Å²) >= 11 is 0. The molecule has 1 saturated heterocycles. The Morgan fingerprint density at radius 3 is 2.03 bits per heavy atom. The van der Waals surface area contributed by atoms with Gasteiger partial charge in [0.05, 0.1) is 38.8 Å². The molecule has 10 heteroatoms. The Morgan fingerprint density at radius 2 is 1.44 bits per heavy atom. The van der Waals surface area contributed by atoms with Crippen LogP contribution >= 0.6 is 0 Å². The van der Waals surface area contributed by atoms with Crippen molar-refractivity contribution in [2.24, 2.45) is 0 Å². The molecular formula is C26H28N2O8. The van der Waals surface area contributed by atoms with Crippen LogP contribution in [-0.4, -0.2) is 73.1 Å². The number of ether oxygens (including phenoxy) is 3. The van der Waals surface area contributed by atoms with Gasteiger partial charge in [-0.2, -0.15) is 0 Å². The van der Waals surface area contributed by atoms with Gasteiger partial charge in [0.15, 0.2) is 6.23 Å². The second kappa shape index (κ2) is 11.8. The van der Waals surface area contributed by atoms with E-state index in [1.165, 1.54) is 0 Å². The number of hydrogen-bond donors (Lipinski definition) is 2. The number of nitrogens with zero attached hydrogens (tertiary/aromatic N) is 1. The molecule has 190 valence electrons. The molecule has 2 aliphatic rings. The molecule has 2 N–H and O–H groups in total. The molecule has 0 bridgehead atoms. The largest absolute Gasteiger partial charge is 0.481 e. The van der Waals surface area contributed by atoms with Crippen LogP contribution in [0.5, 0.6) is 0 Å². The van der Waals surface area contributed by atoms with Gasteiger partial charge in [-0.25, -0.2) is 9.69 Å². The van der Waals surface area contributed by atoms with E-state index < -0.39 is 24.2 Å². The van der Waals surface area contributed by atoms with Crippen molar-refractivity contribution in [3.8, 4) is 11.1 Å². The molecule has 3 amide bonds. The summed E-state index contributed by atoms with van der Waals surface area (Å²) in [6, 6.07) is 15.4. The van der Waals surface area contributed by atoms with Crippen LogP contribution in [0.3, 0.4) is 0 Å². The normalized spacial score (nSPS) is 15.5. The van der Waals surface area contributed by atoms with E-state index in [0.717, 1.165) is 27.2 Å². The highest BCUT2D eigenvalue weighted by atomic mass is 16.6. The van der Waals surface area contributed by atoms with Gasteiger partial charge >= 0.3 is 12.1 Å². The summed E-state index contributed by atoms with van der Waals surface area (Å²) in [5.74, 6) is -2.18. The summed E-state index contributed by atoms with van der Waals surface area (Å²) in [6.07, 6.45) is -1.80. The number of hydrogen-bond acceptors (Lipinski definition) is 7. The molecule has 1 heterocycles. The molecule has 2 aromatic rings. The third-order valence-electron chi connectivity index (χ3n) is 6.09. The number of carbonyl (C=O) groups is 4. The Balaban J connectivity index is 1.40. The van der Waals surface area contributed by atoms with Crippen molar-refractivity contribution in [1.82, 2.24) is 10.2 Å². The highest BCUT2D eigenvalue weighted by Gasteiger charge is 2.45. The molecule has 2 aromatic carbocycles. The van der Waals surface area contributed by atoms with E-state index in [1.54, 1.807) is 0 Å². The lowest BCUT2D eigenvalue weighted by atomic mass is 9.94. The number of carboxylic acid groups (broad SMARTS) is 1. The fraction of sp³-hybridized carbons (Fsp3) is 0.385. The van der Waals surface area contributed by atoms with E-state index in [4.69, 9.17) is 19.3 Å². The predicted molar refractivity (Wildman–Crippen MR) is 127 cm³/mol. The van der Waals surface area contributed by atoms with Crippen LogP contribution < -0.4 is 5.32 Å². The Labute approximate surface area is 208 Å². The standard InChI is InChI=1S/C26H28N2O8/c29-21-9-10-22(30)28(21)25(36-26(33)27-12-14-35-16-15-34-13-11-23(31)32)24-19-7-3-1-5-17(19)18-6-2-4-8-20(18)24/h1-8,24-25H,9-16H2,(H,27,33)(H,31,32). The molecule has 4 rings (SSSR count). The Kier molecular flexibility index (Phi) is 8.29. The minimum atomic E-state index is -1.12. The topological polar surface area (TPSA) is 131 Å². The van der Waals surface area contributed by atoms with Crippen molar-refractivity contribution in [2.75, 3.05) is 33.0 Å². The number of imide groups is 1. The van der Waals surface area contributed by atoms with Crippen LogP contribution in [0.15, 0.2) is 48.5 Å². The van der Waals surface area contributed by atoms with Crippen LogP contribution in [0.4, 0.5) is 4.79 Å². The van der Waals surface area contributed by atoms with Crippen LogP contribution in [-0.2, 0) is 28.6 Å². The van der Waals surface area contributed by atoms with Crippen LogP contribution in [0.2, 0.25) is 0 Å². The summed E-state index contributed by atoms with van der Waals surface area (Å²) in [7, 11) is 0. The molecular weight excluding hydrogens is 468 g/mol. The molecule has 0 spiro atoms. The van der Waals surface area contributed by atoms with Gasteiger partial charge in [-0.15, -0.1) is 0 Å². The van der Waals surface area contributed by atoms with Gasteiger partial charge in [-0.3, -0.25) is 14.4 Å². The Bertz CT molecular complexity index is 1070. The zero-order valence-electron chi connectivity index (χ0n) is 19.7. The third-order valence-corrected chi connectivity index (χ3v) is 6.09. The summed E-state index contributed by atoms with van der Waals surface area (Å²) in [4.78, 5) is 49.6. The van der Waals surface area contributed by atoms with E-state index in [1.807, 2.05) is 48.5 Å². The van der Waals surface area contributed by atoms with Crippen LogP contribution in [0.1, 0.15) is 36.3 Å². The van der Waals surface area contributed by atoms with E-state index >= 15 is 0 Å². The monoisotopic (exact) mass is 496 g/mol. The SMILES string of the molecule is O=C(O)CCOCCOCCNC(=O)OC(C1c2ccccc2-c2ccccc21)N1C(=O)CCC1=O. The number of carboxylic acids is 1. The quantitative estimate of drug-likeness (QED) is 0.339. The number of fused-ring (bicyclic) bond motifs is 3. The van der Waals surface area contributed by atoms with Gasteiger partial charge in [0.25, 0.3) is 0 Å². The van der Waals surface area contributed by atoms with Crippen molar-refractivity contribution < 1.29 is 38.5 Å². The van der Waals surface area contributed by atoms with E-state index in [-0.39, 0.29) is 64.0 Å². The number of aliphatic carboxylic acids is 1. The molecule has 36 heavy (non-hydrogen) atoms. The highest BCUT2D eigenvalue weighted by molar-refractivity contribution is 6.02. The minimum absolute atomic E-state index is 0.0769. The van der Waals surface area contributed by atoms with Gasteiger partial charge in [-0.1, -0.05) is 48.5 Å². The molecule has 1 atom stereocenters. The molecule has 1 aliphatic heterocycles. The Morgan fingerprint density at radius 1 is 0.889 bits per heavy atom. The number of benzene rings is 2. The highest BCUT2D eigenvalue weighted by Crippen LogP contribution is 2.48. The van der Waals surface area contributed by atoms with E-state index in [9.17, 15) is 19.2 Å². The number of carbonyl (C=O) groups excluding carboxylic acids is 3. The number of amides is 3. The van der Waals surface area contributed by atoms with Gasteiger partial charge in [-0.05, 0) is 22.3 Å². The zero-order chi connectivity index (χ0) is 25.5. The predicted octanol–water partition coefficient (Wildman–Crippen LogP) is 2.51. The summed E-state index contributed by atoms with van der Waals surface area (Å²) in [5.41, 5.74) is 3.72. The van der Waals surface area contributed by atoms with Crippen molar-refractivity contribution in [1.29, 1.82) is 0 Å². The maximum Gasteiger partial charge on any atom is 0.409 e. The summed E-state index contributed by atoms with van der Waals surface area (Å²) in [5, 5.41) is 11.2. The first kappa shape index (κ1) is 25.3. The molecule has 0 saturated carbocycles. The lowest BCUT2D eigenvalue weighted by Crippen LogP contribution is -2.47. The van der Waals surface area contributed by atoms with Gasteiger partial charge in [0, 0.05) is 19.4 Å². The average Bonchev–Trinajstić information content (AvgIpc) is 3.38. The first-order valence-corrected chi connectivity index (χ1v) is 11.8. The second-order valence-corrected chi connectivity index (χ2v) is 8.40. The third kappa shape index (κ3) is 5.72. The number of nitrogens with one attached hydrogen (secondary N) is 1. The van der Waals surface area contributed by atoms with E-state index in [0.29, 0.717) is 0 Å². The molecule has 10 nitrogen and oxygen atoms in total. The first-order chi connectivity index (χ1) is 17.5. The van der Waals surface area contributed by atoms with Crippen molar-refractivity contribution in [3.63, 3.8) is 0 Å². The van der Waals surface area contributed by atoms with Gasteiger partial charge in [0.1, 0.15) is 0 Å². The minimum Gasteiger partial charge on any atom is -0.481 e. The maximum atomic E-state index is 12.7. The molecule has 1 unspecified atom stereocenters. The Hall–Kier alpha value is -3.76. The van der Waals surface area contributed by atoms with Gasteiger partial charge < -0.3 is 24.6 Å². The zero-order valence-corrected chi connectivity index (χ0v) is 19.7. The number of alkyl carbamates (subject to hydrolysis) is 1. The van der Waals surface area contributed by atoms with Crippen molar-refractivity contribution >= 4 is 23.9 Å².